The van der Waals surface area contributed by atoms with Gasteiger partial charge in [-0.2, -0.15) is 0 Å². The Hall–Kier alpha value is -2.89. The summed E-state index contributed by atoms with van der Waals surface area (Å²) in [7, 11) is 0. The lowest BCUT2D eigenvalue weighted by molar-refractivity contribution is -0.124. The second-order valence-corrected chi connectivity index (χ2v) is 6.55. The summed E-state index contributed by atoms with van der Waals surface area (Å²) in [5.41, 5.74) is 3.10. The van der Waals surface area contributed by atoms with E-state index in [1.807, 2.05) is 32.0 Å². The van der Waals surface area contributed by atoms with Gasteiger partial charge in [0.15, 0.2) is 6.10 Å². The molecule has 6 heteroatoms. The minimum atomic E-state index is -1.37. The van der Waals surface area contributed by atoms with Crippen LogP contribution in [0.2, 0.25) is 5.02 Å². The van der Waals surface area contributed by atoms with E-state index in [0.717, 1.165) is 5.56 Å². The lowest BCUT2D eigenvalue weighted by atomic mass is 10.1. The highest BCUT2D eigenvalue weighted by atomic mass is 35.5. The Kier molecular flexibility index (Phi) is 5.74. The molecule has 0 radical (unpaired) electrons. The Morgan fingerprint density at radius 3 is 2.56 bits per heavy atom. The normalized spacial score (nSPS) is 11.7. The number of anilines is 1. The van der Waals surface area contributed by atoms with Crippen LogP contribution in [0.4, 0.5) is 5.69 Å². The molecular weight excluding hydrogens is 364 g/mol. The molecule has 0 saturated carbocycles. The number of aliphatic hydroxyl groups is 1. The smallest absolute Gasteiger partial charge is 0.257 e. The molecule has 1 aromatic heterocycles. The zero-order chi connectivity index (χ0) is 19.4. The Morgan fingerprint density at radius 1 is 1.11 bits per heavy atom. The number of aliphatic hydroxyl groups excluding tert-OH is 1. The summed E-state index contributed by atoms with van der Waals surface area (Å²) in [4.78, 5) is 16.4. The van der Waals surface area contributed by atoms with Crippen molar-refractivity contribution in [3.05, 3.63) is 82.5 Å². The molecule has 0 spiro atoms. The molecule has 0 aliphatic rings. The number of aryl methyl sites for hydroxylation is 2. The fourth-order valence-corrected chi connectivity index (χ4v) is 2.70. The van der Waals surface area contributed by atoms with E-state index < -0.39 is 12.0 Å². The van der Waals surface area contributed by atoms with Gasteiger partial charge in [0.05, 0.1) is 11.9 Å². The third kappa shape index (κ3) is 4.64. The highest BCUT2D eigenvalue weighted by molar-refractivity contribution is 6.31. The molecule has 27 heavy (non-hydrogen) atoms. The van der Waals surface area contributed by atoms with Crippen molar-refractivity contribution >= 4 is 23.2 Å². The van der Waals surface area contributed by atoms with Gasteiger partial charge in [-0.25, -0.2) is 4.98 Å². The molecule has 2 N–H and O–H groups in total. The van der Waals surface area contributed by atoms with E-state index in [1.54, 1.807) is 36.4 Å². The maximum Gasteiger partial charge on any atom is 0.257 e. The highest BCUT2D eigenvalue weighted by Gasteiger charge is 2.20. The number of nitrogens with one attached hydrogen (secondary N) is 1. The predicted molar refractivity (Wildman–Crippen MR) is 105 cm³/mol. The maximum absolute atomic E-state index is 12.2. The topological polar surface area (TPSA) is 71.5 Å². The number of carbonyl (C=O) groups excluding carboxylic acids is 1. The average Bonchev–Trinajstić information content (AvgIpc) is 2.66. The molecule has 138 valence electrons. The van der Waals surface area contributed by atoms with Crippen molar-refractivity contribution in [3.8, 4) is 11.6 Å². The van der Waals surface area contributed by atoms with Gasteiger partial charge in [-0.3, -0.25) is 4.79 Å². The minimum absolute atomic E-state index is 0.329. The number of carbonyl (C=O) groups is 1. The number of rotatable bonds is 5. The number of ether oxygens (including phenoxy) is 1. The van der Waals surface area contributed by atoms with Crippen LogP contribution in [0, 0.1) is 13.8 Å². The maximum atomic E-state index is 12.2. The van der Waals surface area contributed by atoms with Crippen LogP contribution in [0.15, 0.2) is 60.8 Å². The summed E-state index contributed by atoms with van der Waals surface area (Å²) >= 11 is 6.02. The van der Waals surface area contributed by atoms with Crippen molar-refractivity contribution in [1.29, 1.82) is 0 Å². The lowest BCUT2D eigenvalue weighted by Crippen LogP contribution is -2.21. The first-order valence-electron chi connectivity index (χ1n) is 8.38. The zero-order valence-electron chi connectivity index (χ0n) is 14.9. The molecule has 1 amide bonds. The molecule has 0 aliphatic heterocycles. The molecule has 3 aromatic rings. The molecule has 0 fully saturated rings. The first kappa shape index (κ1) is 18.9. The number of pyridine rings is 1. The van der Waals surface area contributed by atoms with E-state index in [4.69, 9.17) is 16.3 Å². The van der Waals surface area contributed by atoms with E-state index in [9.17, 15) is 9.90 Å². The van der Waals surface area contributed by atoms with Crippen molar-refractivity contribution in [2.24, 2.45) is 0 Å². The van der Waals surface area contributed by atoms with Crippen LogP contribution < -0.4 is 10.1 Å². The van der Waals surface area contributed by atoms with Gasteiger partial charge < -0.3 is 15.2 Å². The first-order valence-corrected chi connectivity index (χ1v) is 8.76. The quantitative estimate of drug-likeness (QED) is 0.663. The Morgan fingerprint density at radius 2 is 1.89 bits per heavy atom. The number of aromatic nitrogens is 1. The second-order valence-electron chi connectivity index (χ2n) is 6.15. The Bertz CT molecular complexity index is 958. The third-order valence-electron chi connectivity index (χ3n) is 4.15. The van der Waals surface area contributed by atoms with E-state index in [-0.39, 0.29) is 0 Å². The largest absolute Gasteiger partial charge is 0.439 e. The van der Waals surface area contributed by atoms with Crippen LogP contribution in [0.5, 0.6) is 11.6 Å². The zero-order valence-corrected chi connectivity index (χ0v) is 15.7. The van der Waals surface area contributed by atoms with E-state index in [2.05, 4.69) is 10.3 Å². The minimum Gasteiger partial charge on any atom is -0.439 e. The SMILES string of the molecule is Cc1ccc(Oc2ccc(NC(=O)[C@H](O)c3ccccc3Cl)cn2)cc1C. The fourth-order valence-electron chi connectivity index (χ4n) is 2.46. The van der Waals surface area contributed by atoms with Gasteiger partial charge >= 0.3 is 0 Å². The van der Waals surface area contributed by atoms with E-state index >= 15 is 0 Å². The van der Waals surface area contributed by atoms with Crippen molar-refractivity contribution in [2.75, 3.05) is 5.32 Å². The average molecular weight is 383 g/mol. The van der Waals surface area contributed by atoms with Gasteiger partial charge in [0.25, 0.3) is 5.91 Å². The van der Waals surface area contributed by atoms with Gasteiger partial charge in [0.2, 0.25) is 5.88 Å². The van der Waals surface area contributed by atoms with E-state index in [0.29, 0.717) is 27.9 Å². The molecule has 5 nitrogen and oxygen atoms in total. The van der Waals surface area contributed by atoms with Crippen LogP contribution in [0.3, 0.4) is 0 Å². The van der Waals surface area contributed by atoms with Gasteiger partial charge in [-0.05, 0) is 49.2 Å². The first-order chi connectivity index (χ1) is 12.9. The van der Waals surface area contributed by atoms with Gasteiger partial charge in [0.1, 0.15) is 5.75 Å². The van der Waals surface area contributed by atoms with Crippen LogP contribution in [-0.4, -0.2) is 16.0 Å². The Balaban J connectivity index is 1.65. The molecule has 0 saturated heterocycles. The second kappa shape index (κ2) is 8.20. The lowest BCUT2D eigenvalue weighted by Gasteiger charge is -2.13. The summed E-state index contributed by atoms with van der Waals surface area (Å²) < 4.78 is 5.72. The highest BCUT2D eigenvalue weighted by Crippen LogP contribution is 2.25. The van der Waals surface area contributed by atoms with Crippen LogP contribution in [0.1, 0.15) is 22.8 Å². The molecule has 0 aliphatic carbocycles. The van der Waals surface area contributed by atoms with E-state index in [1.165, 1.54) is 11.8 Å². The van der Waals surface area contributed by atoms with Gasteiger partial charge in [-0.15, -0.1) is 0 Å². The predicted octanol–water partition coefficient (Wildman–Crippen LogP) is 4.82. The van der Waals surface area contributed by atoms with Crippen LogP contribution >= 0.6 is 11.6 Å². The third-order valence-corrected chi connectivity index (χ3v) is 4.50. The van der Waals surface area contributed by atoms with Crippen LogP contribution in [-0.2, 0) is 4.79 Å². The fraction of sp³-hybridized carbons (Fsp3) is 0.143. The monoisotopic (exact) mass is 382 g/mol. The van der Waals surface area contributed by atoms with Gasteiger partial charge in [0, 0.05) is 16.7 Å². The molecule has 3 rings (SSSR count). The van der Waals surface area contributed by atoms with Crippen LogP contribution in [0.25, 0.3) is 0 Å². The summed E-state index contributed by atoms with van der Waals surface area (Å²) in [5, 5.41) is 13.1. The van der Waals surface area contributed by atoms with Gasteiger partial charge in [-0.1, -0.05) is 35.9 Å². The summed E-state index contributed by atoms with van der Waals surface area (Å²) in [6.07, 6.45) is 0.0957. The number of benzene rings is 2. The summed E-state index contributed by atoms with van der Waals surface area (Å²) in [6, 6.07) is 15.8. The molecule has 1 atom stereocenters. The number of amides is 1. The standard InChI is InChI=1S/C21H19ClN2O3/c1-13-7-9-16(11-14(13)2)27-19-10-8-15(12-23-19)24-21(26)20(25)17-5-3-4-6-18(17)22/h3-12,20,25H,1-2H3,(H,24,26)/t20-/m1/s1. The number of halogens is 1. The molecule has 0 unspecified atom stereocenters. The number of nitrogens with zero attached hydrogens (tertiary/aromatic N) is 1. The molecule has 2 aromatic carbocycles. The van der Waals surface area contributed by atoms with Crippen molar-refractivity contribution in [1.82, 2.24) is 4.98 Å². The number of hydrogen-bond acceptors (Lipinski definition) is 4. The summed E-state index contributed by atoms with van der Waals surface area (Å²) in [6.45, 7) is 4.05. The Labute approximate surface area is 162 Å². The molecule has 1 heterocycles. The van der Waals surface area contributed by atoms with Crippen molar-refractivity contribution in [3.63, 3.8) is 0 Å². The molecule has 0 bridgehead atoms. The molecular formula is C21H19ClN2O3. The summed E-state index contributed by atoms with van der Waals surface area (Å²) in [5.74, 6) is 0.507. The van der Waals surface area contributed by atoms with Crippen molar-refractivity contribution in [2.45, 2.75) is 20.0 Å². The van der Waals surface area contributed by atoms with Crippen molar-refractivity contribution < 1.29 is 14.6 Å². The number of hydrogen-bond donors (Lipinski definition) is 2.